The van der Waals surface area contributed by atoms with Gasteiger partial charge in [0.1, 0.15) is 6.61 Å². The van der Waals surface area contributed by atoms with Crippen molar-refractivity contribution in [3.05, 3.63) is 42.7 Å². The minimum Gasteiger partial charge on any atom is -0.490 e. The number of ether oxygens (including phenoxy) is 3. The van der Waals surface area contributed by atoms with E-state index >= 15 is 0 Å². The van der Waals surface area contributed by atoms with Crippen LogP contribution in [0, 0.1) is 0 Å². The molecule has 106 valence electrons. The zero-order chi connectivity index (χ0) is 14.4. The quantitative estimate of drug-likeness (QED) is 0.722. The van der Waals surface area contributed by atoms with Gasteiger partial charge >= 0.3 is 0 Å². The summed E-state index contributed by atoms with van der Waals surface area (Å²) >= 11 is 0. The Morgan fingerprint density at radius 3 is 2.80 bits per heavy atom. The highest BCUT2D eigenvalue weighted by atomic mass is 16.5. The summed E-state index contributed by atoms with van der Waals surface area (Å²) < 4.78 is 21.6. The molecule has 0 bridgehead atoms. The minimum absolute atomic E-state index is 0.397. The van der Waals surface area contributed by atoms with Gasteiger partial charge in [0.2, 0.25) is 5.75 Å². The van der Waals surface area contributed by atoms with Gasteiger partial charge in [0.05, 0.1) is 20.0 Å². The molecule has 0 unspecified atom stereocenters. The van der Waals surface area contributed by atoms with Gasteiger partial charge in [-0.15, -0.1) is 0 Å². The SMILES string of the molecule is C=CCOc1c(/C=C\COC)cc2ccoc2c1OC. The summed E-state index contributed by atoms with van der Waals surface area (Å²) in [7, 11) is 3.25. The summed E-state index contributed by atoms with van der Waals surface area (Å²) in [5.41, 5.74) is 1.59. The number of hydrogen-bond acceptors (Lipinski definition) is 4. The first-order valence-electron chi connectivity index (χ1n) is 6.29. The molecule has 0 atom stereocenters. The van der Waals surface area contributed by atoms with Gasteiger partial charge in [0.15, 0.2) is 11.3 Å². The van der Waals surface area contributed by atoms with Crippen molar-refractivity contribution in [2.75, 3.05) is 27.4 Å². The lowest BCUT2D eigenvalue weighted by Crippen LogP contribution is -1.99. The zero-order valence-electron chi connectivity index (χ0n) is 11.7. The molecule has 20 heavy (non-hydrogen) atoms. The van der Waals surface area contributed by atoms with Crippen molar-refractivity contribution in [3.63, 3.8) is 0 Å². The molecule has 0 spiro atoms. The third kappa shape index (κ3) is 2.86. The lowest BCUT2D eigenvalue weighted by atomic mass is 10.1. The van der Waals surface area contributed by atoms with Gasteiger partial charge in [-0.2, -0.15) is 0 Å². The molecule has 4 heteroatoms. The van der Waals surface area contributed by atoms with Crippen LogP contribution in [0.5, 0.6) is 11.5 Å². The zero-order valence-corrected chi connectivity index (χ0v) is 11.7. The first-order chi connectivity index (χ1) is 9.81. The number of hydrogen-bond donors (Lipinski definition) is 0. The largest absolute Gasteiger partial charge is 0.490 e. The summed E-state index contributed by atoms with van der Waals surface area (Å²) in [4.78, 5) is 0. The van der Waals surface area contributed by atoms with E-state index in [1.807, 2.05) is 24.3 Å². The predicted molar refractivity (Wildman–Crippen MR) is 79.4 cm³/mol. The van der Waals surface area contributed by atoms with Crippen LogP contribution < -0.4 is 9.47 Å². The van der Waals surface area contributed by atoms with Gasteiger partial charge in [-0.25, -0.2) is 0 Å². The van der Waals surface area contributed by atoms with Crippen LogP contribution in [-0.2, 0) is 4.74 Å². The first kappa shape index (κ1) is 14.2. The molecule has 4 nitrogen and oxygen atoms in total. The van der Waals surface area contributed by atoms with Crippen LogP contribution in [0.25, 0.3) is 17.0 Å². The van der Waals surface area contributed by atoms with Crippen LogP contribution in [0.4, 0.5) is 0 Å². The van der Waals surface area contributed by atoms with Gasteiger partial charge in [-0.1, -0.05) is 24.8 Å². The van der Waals surface area contributed by atoms with Crippen molar-refractivity contribution < 1.29 is 18.6 Å². The van der Waals surface area contributed by atoms with Crippen LogP contribution in [0.3, 0.4) is 0 Å². The molecule has 0 saturated heterocycles. The van der Waals surface area contributed by atoms with E-state index in [9.17, 15) is 0 Å². The molecular formula is C16H18O4. The molecule has 0 aliphatic rings. The van der Waals surface area contributed by atoms with Crippen LogP contribution in [-0.4, -0.2) is 27.4 Å². The molecular weight excluding hydrogens is 256 g/mol. The minimum atomic E-state index is 0.397. The molecule has 0 saturated carbocycles. The number of rotatable bonds is 7. The maximum Gasteiger partial charge on any atom is 0.205 e. The van der Waals surface area contributed by atoms with Gasteiger partial charge < -0.3 is 18.6 Å². The summed E-state index contributed by atoms with van der Waals surface area (Å²) in [6.45, 7) is 4.59. The topological polar surface area (TPSA) is 40.8 Å². The Kier molecular flexibility index (Phi) is 4.85. The molecule has 1 aromatic heterocycles. The van der Waals surface area contributed by atoms with E-state index in [0.717, 1.165) is 10.9 Å². The smallest absolute Gasteiger partial charge is 0.205 e. The summed E-state index contributed by atoms with van der Waals surface area (Å²) in [5, 5.41) is 0.963. The highest BCUT2D eigenvalue weighted by molar-refractivity contribution is 5.89. The Balaban J connectivity index is 2.53. The Morgan fingerprint density at radius 2 is 2.10 bits per heavy atom. The second-order valence-corrected chi connectivity index (χ2v) is 4.12. The number of fused-ring (bicyclic) bond motifs is 1. The second kappa shape index (κ2) is 6.82. The summed E-state index contributed by atoms with van der Waals surface area (Å²) in [6.07, 6.45) is 7.18. The van der Waals surface area contributed by atoms with Crippen LogP contribution in [0.2, 0.25) is 0 Å². The third-order valence-corrected chi connectivity index (χ3v) is 2.79. The van der Waals surface area contributed by atoms with Crippen molar-refractivity contribution in [1.82, 2.24) is 0 Å². The molecule has 0 radical (unpaired) electrons. The molecule has 0 fully saturated rings. The Morgan fingerprint density at radius 1 is 1.25 bits per heavy atom. The Bertz CT molecular complexity index is 610. The lowest BCUT2D eigenvalue weighted by Gasteiger charge is -2.13. The molecule has 0 aliphatic carbocycles. The van der Waals surface area contributed by atoms with E-state index in [-0.39, 0.29) is 0 Å². The molecule has 1 heterocycles. The molecule has 2 rings (SSSR count). The van der Waals surface area contributed by atoms with Crippen molar-refractivity contribution in [2.45, 2.75) is 0 Å². The average Bonchev–Trinajstić information content (AvgIpc) is 2.92. The van der Waals surface area contributed by atoms with Crippen LogP contribution in [0.15, 0.2) is 41.5 Å². The van der Waals surface area contributed by atoms with Crippen molar-refractivity contribution >= 4 is 17.0 Å². The van der Waals surface area contributed by atoms with Crippen LogP contribution in [0.1, 0.15) is 5.56 Å². The van der Waals surface area contributed by atoms with E-state index in [2.05, 4.69) is 6.58 Å². The molecule has 0 N–H and O–H groups in total. The second-order valence-electron chi connectivity index (χ2n) is 4.12. The number of methoxy groups -OCH3 is 2. The lowest BCUT2D eigenvalue weighted by molar-refractivity contribution is 0.234. The monoisotopic (exact) mass is 274 g/mol. The van der Waals surface area contributed by atoms with E-state index < -0.39 is 0 Å². The standard InChI is InChI=1S/C16H18O4/c1-4-8-19-14-12(6-5-9-17-2)11-13-7-10-20-15(13)16(14)18-3/h4-7,10-11H,1,8-9H2,2-3H3/b6-5-. The van der Waals surface area contributed by atoms with E-state index in [0.29, 0.717) is 30.3 Å². The highest BCUT2D eigenvalue weighted by Crippen LogP contribution is 2.40. The Hall–Kier alpha value is -2.20. The van der Waals surface area contributed by atoms with Gasteiger partial charge in [-0.05, 0) is 12.1 Å². The molecule has 0 amide bonds. The maximum atomic E-state index is 5.72. The fourth-order valence-electron chi connectivity index (χ4n) is 1.96. The van der Waals surface area contributed by atoms with Gasteiger partial charge in [0, 0.05) is 18.1 Å². The van der Waals surface area contributed by atoms with Gasteiger partial charge in [-0.3, -0.25) is 0 Å². The predicted octanol–water partition coefficient (Wildman–Crippen LogP) is 3.67. The molecule has 0 aliphatic heterocycles. The Labute approximate surface area is 118 Å². The highest BCUT2D eigenvalue weighted by Gasteiger charge is 2.16. The van der Waals surface area contributed by atoms with Crippen molar-refractivity contribution in [2.24, 2.45) is 0 Å². The number of benzene rings is 1. The summed E-state index contributed by atoms with van der Waals surface area (Å²) in [6, 6.07) is 3.88. The van der Waals surface area contributed by atoms with Crippen molar-refractivity contribution in [1.29, 1.82) is 0 Å². The summed E-state index contributed by atoms with van der Waals surface area (Å²) in [5.74, 6) is 1.23. The van der Waals surface area contributed by atoms with E-state index in [4.69, 9.17) is 18.6 Å². The van der Waals surface area contributed by atoms with Gasteiger partial charge in [0.25, 0.3) is 0 Å². The third-order valence-electron chi connectivity index (χ3n) is 2.79. The van der Waals surface area contributed by atoms with E-state index in [1.165, 1.54) is 0 Å². The molecule has 1 aromatic carbocycles. The maximum absolute atomic E-state index is 5.72. The normalized spacial score (nSPS) is 11.1. The van der Waals surface area contributed by atoms with Crippen molar-refractivity contribution in [3.8, 4) is 11.5 Å². The fourth-order valence-corrected chi connectivity index (χ4v) is 1.96. The van der Waals surface area contributed by atoms with Crippen LogP contribution >= 0.6 is 0 Å². The molecule has 2 aromatic rings. The number of furan rings is 1. The van der Waals surface area contributed by atoms with E-state index in [1.54, 1.807) is 26.6 Å². The fraction of sp³-hybridized carbons (Fsp3) is 0.250. The first-order valence-corrected chi connectivity index (χ1v) is 6.29. The average molecular weight is 274 g/mol.